The van der Waals surface area contributed by atoms with Gasteiger partial charge in [0.15, 0.2) is 0 Å². The van der Waals surface area contributed by atoms with Crippen LogP contribution in [-0.2, 0) is 17.9 Å². The standard InChI is InChI=1S/C20H28N4O2/c1-4-10-24-11-9-21-20(24)14-23-12-18(19(13-23)22-15(2)25)16-5-7-17(26-3)8-6-16/h5-9,11,18-19H,4,10,12-14H2,1-3H3,(H,22,25)/t18-,19+/m0/s1. The fourth-order valence-corrected chi connectivity index (χ4v) is 3.75. The molecule has 1 fully saturated rings. The topological polar surface area (TPSA) is 59.4 Å². The van der Waals surface area contributed by atoms with Gasteiger partial charge in [-0.05, 0) is 24.1 Å². The van der Waals surface area contributed by atoms with Gasteiger partial charge in [0, 0.05) is 50.9 Å². The van der Waals surface area contributed by atoms with Gasteiger partial charge in [-0.3, -0.25) is 9.69 Å². The SMILES string of the molecule is CCCn1ccnc1CN1C[C@@H](NC(C)=O)[C@H](c2ccc(OC)cc2)C1. The first-order chi connectivity index (χ1) is 12.6. The lowest BCUT2D eigenvalue weighted by molar-refractivity contribution is -0.119. The molecular formula is C20H28N4O2. The summed E-state index contributed by atoms with van der Waals surface area (Å²) < 4.78 is 7.48. The van der Waals surface area contributed by atoms with E-state index in [9.17, 15) is 4.79 Å². The lowest BCUT2D eigenvalue weighted by Gasteiger charge is -2.19. The van der Waals surface area contributed by atoms with Crippen molar-refractivity contribution in [2.24, 2.45) is 0 Å². The van der Waals surface area contributed by atoms with Crippen molar-refractivity contribution in [1.29, 1.82) is 0 Å². The van der Waals surface area contributed by atoms with Gasteiger partial charge in [0.2, 0.25) is 5.91 Å². The molecule has 1 aliphatic heterocycles. The first-order valence-corrected chi connectivity index (χ1v) is 9.24. The highest BCUT2D eigenvalue weighted by Gasteiger charge is 2.34. The van der Waals surface area contributed by atoms with Crippen molar-refractivity contribution in [3.8, 4) is 5.75 Å². The molecule has 1 amide bonds. The number of imidazole rings is 1. The van der Waals surface area contributed by atoms with Gasteiger partial charge in [-0.25, -0.2) is 4.98 Å². The van der Waals surface area contributed by atoms with E-state index >= 15 is 0 Å². The van der Waals surface area contributed by atoms with Crippen molar-refractivity contribution < 1.29 is 9.53 Å². The average Bonchev–Trinajstić information content (AvgIpc) is 3.22. The molecule has 0 bridgehead atoms. The molecule has 1 N–H and O–H groups in total. The number of ether oxygens (including phenoxy) is 1. The molecule has 0 saturated carbocycles. The zero-order valence-corrected chi connectivity index (χ0v) is 15.8. The Kier molecular flexibility index (Phi) is 5.93. The van der Waals surface area contributed by atoms with Crippen molar-refractivity contribution in [2.75, 3.05) is 20.2 Å². The quantitative estimate of drug-likeness (QED) is 0.828. The first-order valence-electron chi connectivity index (χ1n) is 9.24. The number of rotatable bonds is 7. The fraction of sp³-hybridized carbons (Fsp3) is 0.500. The van der Waals surface area contributed by atoms with Crippen molar-refractivity contribution in [3.05, 3.63) is 48.0 Å². The van der Waals surface area contributed by atoms with Gasteiger partial charge < -0.3 is 14.6 Å². The van der Waals surface area contributed by atoms with Gasteiger partial charge in [-0.15, -0.1) is 0 Å². The Hall–Kier alpha value is -2.34. The molecule has 0 radical (unpaired) electrons. The van der Waals surface area contributed by atoms with Crippen LogP contribution in [-0.4, -0.2) is 46.6 Å². The van der Waals surface area contributed by atoms with Crippen molar-refractivity contribution >= 4 is 5.91 Å². The summed E-state index contributed by atoms with van der Waals surface area (Å²) >= 11 is 0. The molecule has 2 heterocycles. The minimum atomic E-state index is 0.0165. The van der Waals surface area contributed by atoms with Crippen LogP contribution in [0.2, 0.25) is 0 Å². The van der Waals surface area contributed by atoms with Gasteiger partial charge in [-0.2, -0.15) is 0 Å². The Morgan fingerprint density at radius 3 is 2.73 bits per heavy atom. The number of benzene rings is 1. The van der Waals surface area contributed by atoms with E-state index in [0.29, 0.717) is 0 Å². The molecule has 1 aromatic heterocycles. The zero-order valence-electron chi connectivity index (χ0n) is 15.8. The highest BCUT2D eigenvalue weighted by Crippen LogP contribution is 2.30. The van der Waals surface area contributed by atoms with Gasteiger partial charge in [0.1, 0.15) is 11.6 Å². The van der Waals surface area contributed by atoms with Crippen LogP contribution in [0, 0.1) is 0 Å². The molecule has 140 valence electrons. The normalized spacial score (nSPS) is 20.3. The van der Waals surface area contributed by atoms with E-state index in [2.05, 4.69) is 38.8 Å². The smallest absolute Gasteiger partial charge is 0.217 e. The Balaban J connectivity index is 1.75. The van der Waals surface area contributed by atoms with Gasteiger partial charge in [-0.1, -0.05) is 19.1 Å². The monoisotopic (exact) mass is 356 g/mol. The molecule has 2 aromatic rings. The van der Waals surface area contributed by atoms with Crippen LogP contribution in [0.4, 0.5) is 0 Å². The van der Waals surface area contributed by atoms with Gasteiger partial charge in [0.05, 0.1) is 13.7 Å². The first kappa shape index (κ1) is 18.5. The van der Waals surface area contributed by atoms with Crippen LogP contribution >= 0.6 is 0 Å². The van der Waals surface area contributed by atoms with E-state index in [1.807, 2.05) is 24.5 Å². The third-order valence-corrected chi connectivity index (χ3v) is 4.96. The Morgan fingerprint density at radius 2 is 2.08 bits per heavy atom. The van der Waals surface area contributed by atoms with Crippen LogP contribution in [0.1, 0.15) is 37.6 Å². The molecule has 0 aliphatic carbocycles. The molecule has 26 heavy (non-hydrogen) atoms. The van der Waals surface area contributed by atoms with Crippen LogP contribution in [0.3, 0.4) is 0 Å². The molecule has 0 unspecified atom stereocenters. The molecular weight excluding hydrogens is 328 g/mol. The maximum Gasteiger partial charge on any atom is 0.217 e. The van der Waals surface area contributed by atoms with E-state index in [1.54, 1.807) is 14.0 Å². The third kappa shape index (κ3) is 4.25. The van der Waals surface area contributed by atoms with Crippen LogP contribution < -0.4 is 10.1 Å². The van der Waals surface area contributed by atoms with Crippen molar-refractivity contribution in [1.82, 2.24) is 19.8 Å². The van der Waals surface area contributed by atoms with Gasteiger partial charge in [0.25, 0.3) is 0 Å². The summed E-state index contributed by atoms with van der Waals surface area (Å²) in [6.45, 7) is 7.27. The molecule has 0 spiro atoms. The highest BCUT2D eigenvalue weighted by atomic mass is 16.5. The molecule has 3 rings (SSSR count). The summed E-state index contributed by atoms with van der Waals surface area (Å²) in [6, 6.07) is 8.27. The maximum atomic E-state index is 11.7. The average molecular weight is 356 g/mol. The van der Waals surface area contributed by atoms with E-state index in [-0.39, 0.29) is 17.9 Å². The van der Waals surface area contributed by atoms with Crippen LogP contribution in [0.5, 0.6) is 5.75 Å². The second-order valence-corrected chi connectivity index (χ2v) is 6.92. The summed E-state index contributed by atoms with van der Waals surface area (Å²) in [5.41, 5.74) is 1.23. The van der Waals surface area contributed by atoms with Crippen LogP contribution in [0.25, 0.3) is 0 Å². The maximum absolute atomic E-state index is 11.7. The van der Waals surface area contributed by atoms with Gasteiger partial charge >= 0.3 is 0 Å². The Labute approximate surface area is 155 Å². The zero-order chi connectivity index (χ0) is 18.5. The number of likely N-dealkylation sites (tertiary alicyclic amines) is 1. The number of hydrogen-bond acceptors (Lipinski definition) is 4. The summed E-state index contributed by atoms with van der Waals surface area (Å²) in [5, 5.41) is 3.13. The minimum absolute atomic E-state index is 0.0165. The number of carbonyl (C=O) groups excluding carboxylic acids is 1. The number of nitrogens with zero attached hydrogens (tertiary/aromatic N) is 3. The predicted molar refractivity (Wildman–Crippen MR) is 101 cm³/mol. The van der Waals surface area contributed by atoms with E-state index in [0.717, 1.165) is 44.2 Å². The van der Waals surface area contributed by atoms with E-state index < -0.39 is 0 Å². The number of nitrogens with one attached hydrogen (secondary N) is 1. The Morgan fingerprint density at radius 1 is 1.31 bits per heavy atom. The Bertz CT molecular complexity index is 726. The summed E-state index contributed by atoms with van der Waals surface area (Å²) in [7, 11) is 1.67. The molecule has 1 aliphatic rings. The molecule has 6 nitrogen and oxygen atoms in total. The molecule has 1 aromatic carbocycles. The molecule has 2 atom stereocenters. The van der Waals surface area contributed by atoms with E-state index in [4.69, 9.17) is 4.74 Å². The summed E-state index contributed by atoms with van der Waals surface area (Å²) in [4.78, 5) is 18.6. The second-order valence-electron chi connectivity index (χ2n) is 6.92. The third-order valence-electron chi connectivity index (χ3n) is 4.96. The van der Waals surface area contributed by atoms with Crippen molar-refractivity contribution in [2.45, 2.75) is 45.3 Å². The molecule has 1 saturated heterocycles. The molecule has 6 heteroatoms. The lowest BCUT2D eigenvalue weighted by Crippen LogP contribution is -2.38. The number of methoxy groups -OCH3 is 1. The van der Waals surface area contributed by atoms with Crippen molar-refractivity contribution in [3.63, 3.8) is 0 Å². The largest absolute Gasteiger partial charge is 0.497 e. The lowest BCUT2D eigenvalue weighted by atomic mass is 9.94. The number of amides is 1. The summed E-state index contributed by atoms with van der Waals surface area (Å²) in [5.74, 6) is 2.22. The van der Waals surface area contributed by atoms with Crippen LogP contribution in [0.15, 0.2) is 36.7 Å². The second kappa shape index (κ2) is 8.36. The fourth-order valence-electron chi connectivity index (χ4n) is 3.75. The predicted octanol–water partition coefficient (Wildman–Crippen LogP) is 2.41. The van der Waals surface area contributed by atoms with E-state index in [1.165, 1.54) is 5.56 Å². The summed E-state index contributed by atoms with van der Waals surface area (Å²) in [6.07, 6.45) is 5.00. The highest BCUT2D eigenvalue weighted by molar-refractivity contribution is 5.73. The number of carbonyl (C=O) groups is 1. The number of aromatic nitrogens is 2. The number of hydrogen-bond donors (Lipinski definition) is 1. The number of aryl methyl sites for hydroxylation is 1. The minimum Gasteiger partial charge on any atom is -0.497 e.